The van der Waals surface area contributed by atoms with E-state index in [0.29, 0.717) is 5.56 Å². The number of halogens is 1. The molecule has 0 spiro atoms. The van der Waals surface area contributed by atoms with Crippen molar-refractivity contribution in [3.05, 3.63) is 64.1 Å². The molecular weight excluding hydrogens is 316 g/mol. The lowest BCUT2D eigenvalue weighted by Crippen LogP contribution is -2.14. The number of anilines is 1. The molecule has 2 aromatic carbocycles. The minimum absolute atomic E-state index is 0.105. The Bertz CT molecular complexity index is 599. The lowest BCUT2D eigenvalue weighted by Gasteiger charge is -2.08. The number of carbonyl (C=O) groups excluding carboxylic acids is 1. The molecule has 2 rings (SSSR count). The lowest BCUT2D eigenvalue weighted by molar-refractivity contribution is 0.102. The fourth-order valence-electron chi connectivity index (χ4n) is 1.86. The summed E-state index contributed by atoms with van der Waals surface area (Å²) in [5.74, 6) is -0.105. The fourth-order valence-corrected chi connectivity index (χ4v) is 2.26. The first-order valence-corrected chi connectivity index (χ1v) is 7.35. The zero-order valence-corrected chi connectivity index (χ0v) is 12.9. The van der Waals surface area contributed by atoms with E-state index in [1.165, 1.54) is 0 Å². The van der Waals surface area contributed by atoms with E-state index >= 15 is 0 Å². The first kappa shape index (κ1) is 14.8. The Balaban J connectivity index is 2.07. The number of hydrogen-bond acceptors (Lipinski definition) is 2. The molecule has 2 N–H and O–H groups in total. The molecule has 0 aliphatic rings. The third kappa shape index (κ3) is 4.18. The molecule has 0 aromatic heterocycles. The second kappa shape index (κ2) is 7.22. The van der Waals surface area contributed by atoms with E-state index in [9.17, 15) is 4.79 Å². The van der Waals surface area contributed by atoms with Gasteiger partial charge in [0.15, 0.2) is 0 Å². The zero-order valence-electron chi connectivity index (χ0n) is 11.3. The maximum atomic E-state index is 12.1. The van der Waals surface area contributed by atoms with Crippen LogP contribution < -0.4 is 10.6 Å². The molecule has 20 heavy (non-hydrogen) atoms. The minimum Gasteiger partial charge on any atom is -0.322 e. The van der Waals surface area contributed by atoms with Crippen molar-refractivity contribution in [2.24, 2.45) is 0 Å². The topological polar surface area (TPSA) is 41.1 Å². The van der Waals surface area contributed by atoms with Crippen molar-refractivity contribution < 1.29 is 4.79 Å². The van der Waals surface area contributed by atoms with E-state index in [1.54, 1.807) is 12.1 Å². The predicted molar refractivity (Wildman–Crippen MR) is 85.9 cm³/mol. The van der Waals surface area contributed by atoms with Gasteiger partial charge < -0.3 is 10.6 Å². The van der Waals surface area contributed by atoms with Gasteiger partial charge in [0.2, 0.25) is 0 Å². The van der Waals surface area contributed by atoms with Crippen molar-refractivity contribution in [2.45, 2.75) is 13.5 Å². The molecule has 0 heterocycles. The average molecular weight is 333 g/mol. The van der Waals surface area contributed by atoms with Crippen LogP contribution in [0.1, 0.15) is 22.8 Å². The lowest BCUT2D eigenvalue weighted by atomic mass is 10.1. The van der Waals surface area contributed by atoms with Gasteiger partial charge in [0, 0.05) is 22.3 Å². The van der Waals surface area contributed by atoms with Crippen molar-refractivity contribution in [3.63, 3.8) is 0 Å². The van der Waals surface area contributed by atoms with Crippen molar-refractivity contribution in [1.82, 2.24) is 5.32 Å². The zero-order chi connectivity index (χ0) is 14.4. The summed E-state index contributed by atoms with van der Waals surface area (Å²) in [6, 6.07) is 15.2. The summed E-state index contributed by atoms with van der Waals surface area (Å²) in [5.41, 5.74) is 2.60. The molecule has 0 aliphatic heterocycles. The van der Waals surface area contributed by atoms with E-state index in [2.05, 4.69) is 33.5 Å². The second-order valence-electron chi connectivity index (χ2n) is 4.45. The van der Waals surface area contributed by atoms with E-state index < -0.39 is 0 Å². The summed E-state index contributed by atoms with van der Waals surface area (Å²) in [6.07, 6.45) is 0. The van der Waals surface area contributed by atoms with Crippen molar-refractivity contribution in [2.75, 3.05) is 11.9 Å². The van der Waals surface area contributed by atoms with Gasteiger partial charge in [-0.25, -0.2) is 0 Å². The molecule has 1 amide bonds. The first-order chi connectivity index (χ1) is 9.69. The monoisotopic (exact) mass is 332 g/mol. The molecule has 0 saturated heterocycles. The number of hydrogen-bond donors (Lipinski definition) is 2. The highest BCUT2D eigenvalue weighted by Gasteiger charge is 2.06. The van der Waals surface area contributed by atoms with Gasteiger partial charge in [-0.1, -0.05) is 41.1 Å². The van der Waals surface area contributed by atoms with Crippen LogP contribution in [0.5, 0.6) is 0 Å². The van der Waals surface area contributed by atoms with Crippen LogP contribution in [-0.2, 0) is 6.54 Å². The van der Waals surface area contributed by atoms with Gasteiger partial charge in [0.1, 0.15) is 0 Å². The summed E-state index contributed by atoms with van der Waals surface area (Å²) >= 11 is 3.37. The van der Waals surface area contributed by atoms with Crippen LogP contribution in [0.4, 0.5) is 5.69 Å². The van der Waals surface area contributed by atoms with Gasteiger partial charge in [0.25, 0.3) is 5.91 Å². The molecule has 0 aliphatic carbocycles. The van der Waals surface area contributed by atoms with Crippen LogP contribution in [0, 0.1) is 0 Å². The van der Waals surface area contributed by atoms with Crippen molar-refractivity contribution in [1.29, 1.82) is 0 Å². The number of amides is 1. The molecule has 4 heteroatoms. The van der Waals surface area contributed by atoms with Crippen molar-refractivity contribution >= 4 is 27.5 Å². The molecule has 3 nitrogen and oxygen atoms in total. The molecule has 0 bridgehead atoms. The number of carbonyl (C=O) groups is 1. The largest absolute Gasteiger partial charge is 0.322 e. The Morgan fingerprint density at radius 3 is 2.70 bits per heavy atom. The molecule has 0 radical (unpaired) electrons. The Morgan fingerprint density at radius 1 is 1.15 bits per heavy atom. The first-order valence-electron chi connectivity index (χ1n) is 6.55. The highest BCUT2D eigenvalue weighted by Crippen LogP contribution is 2.15. The Labute approximate surface area is 127 Å². The molecule has 2 aromatic rings. The number of nitrogens with one attached hydrogen (secondary N) is 2. The third-order valence-corrected chi connectivity index (χ3v) is 3.34. The van der Waals surface area contributed by atoms with Crippen LogP contribution in [0.25, 0.3) is 0 Å². The van der Waals surface area contributed by atoms with Gasteiger partial charge in [-0.15, -0.1) is 0 Å². The SMILES string of the molecule is CCNCc1cccc(NC(=O)c2cccc(Br)c2)c1. The van der Waals surface area contributed by atoms with Crippen LogP contribution in [0.2, 0.25) is 0 Å². The maximum Gasteiger partial charge on any atom is 0.255 e. The van der Waals surface area contributed by atoms with E-state index in [0.717, 1.165) is 28.8 Å². The fraction of sp³-hybridized carbons (Fsp3) is 0.188. The molecule has 0 saturated carbocycles. The molecule has 104 valence electrons. The Hall–Kier alpha value is -1.65. The van der Waals surface area contributed by atoms with Gasteiger partial charge in [-0.05, 0) is 42.4 Å². The molecule has 0 fully saturated rings. The predicted octanol–water partition coefficient (Wildman–Crippen LogP) is 3.81. The minimum atomic E-state index is -0.105. The van der Waals surface area contributed by atoms with E-state index in [4.69, 9.17) is 0 Å². The summed E-state index contributed by atoms with van der Waals surface area (Å²) in [7, 11) is 0. The summed E-state index contributed by atoms with van der Waals surface area (Å²) < 4.78 is 0.894. The number of benzene rings is 2. The molecule has 0 unspecified atom stereocenters. The summed E-state index contributed by atoms with van der Waals surface area (Å²) in [4.78, 5) is 12.1. The maximum absolute atomic E-state index is 12.1. The van der Waals surface area contributed by atoms with Crippen LogP contribution in [0.3, 0.4) is 0 Å². The van der Waals surface area contributed by atoms with Crippen LogP contribution in [-0.4, -0.2) is 12.5 Å². The van der Waals surface area contributed by atoms with Crippen LogP contribution >= 0.6 is 15.9 Å². The average Bonchev–Trinajstić information content (AvgIpc) is 2.45. The van der Waals surface area contributed by atoms with E-state index in [-0.39, 0.29) is 5.91 Å². The third-order valence-electron chi connectivity index (χ3n) is 2.85. The number of rotatable bonds is 5. The van der Waals surface area contributed by atoms with Gasteiger partial charge in [0.05, 0.1) is 0 Å². The van der Waals surface area contributed by atoms with Crippen LogP contribution in [0.15, 0.2) is 53.0 Å². The summed E-state index contributed by atoms with van der Waals surface area (Å²) in [6.45, 7) is 3.80. The normalized spacial score (nSPS) is 10.3. The standard InChI is InChI=1S/C16H17BrN2O/c1-2-18-11-12-5-3-8-15(9-12)19-16(20)13-6-4-7-14(17)10-13/h3-10,18H,2,11H2,1H3,(H,19,20). The molecular formula is C16H17BrN2O. The molecule has 0 atom stereocenters. The second-order valence-corrected chi connectivity index (χ2v) is 5.36. The van der Waals surface area contributed by atoms with Gasteiger partial charge in [-0.2, -0.15) is 0 Å². The van der Waals surface area contributed by atoms with E-state index in [1.807, 2.05) is 36.4 Å². The smallest absolute Gasteiger partial charge is 0.255 e. The summed E-state index contributed by atoms with van der Waals surface area (Å²) in [5, 5.41) is 6.18. The highest BCUT2D eigenvalue weighted by molar-refractivity contribution is 9.10. The Kier molecular flexibility index (Phi) is 5.32. The van der Waals surface area contributed by atoms with Crippen molar-refractivity contribution in [3.8, 4) is 0 Å². The van der Waals surface area contributed by atoms with Gasteiger partial charge >= 0.3 is 0 Å². The quantitative estimate of drug-likeness (QED) is 0.874. The Morgan fingerprint density at radius 2 is 1.95 bits per heavy atom. The highest BCUT2D eigenvalue weighted by atomic mass is 79.9. The van der Waals surface area contributed by atoms with Gasteiger partial charge in [-0.3, -0.25) is 4.79 Å².